The summed E-state index contributed by atoms with van der Waals surface area (Å²) in [7, 11) is -3.14. The van der Waals surface area contributed by atoms with Crippen molar-refractivity contribution in [1.29, 1.82) is 0 Å². The van der Waals surface area contributed by atoms with Crippen LogP contribution in [0.4, 0.5) is 0 Å². The largest absolute Gasteiger partial charge is 0.329 e. The minimum Gasteiger partial charge on any atom is -0.329 e. The third kappa shape index (κ3) is 3.66. The first-order valence-electron chi connectivity index (χ1n) is 6.66. The summed E-state index contributed by atoms with van der Waals surface area (Å²) in [5.74, 6) is 1.39. The first kappa shape index (κ1) is 13.3. The zero-order valence-corrected chi connectivity index (χ0v) is 11.4. The SMILES string of the molecule is CC1CCC(CN)(NS(=O)(=O)CC2CC2)CC1. The number of sulfonamides is 1. The maximum Gasteiger partial charge on any atom is 0.212 e. The van der Waals surface area contributed by atoms with E-state index in [4.69, 9.17) is 5.73 Å². The Hall–Kier alpha value is -0.130. The molecule has 0 amide bonds. The minimum absolute atomic E-state index is 0.296. The second kappa shape index (κ2) is 4.86. The molecule has 3 N–H and O–H groups in total. The van der Waals surface area contributed by atoms with E-state index in [-0.39, 0.29) is 5.54 Å². The van der Waals surface area contributed by atoms with Crippen LogP contribution in [0, 0.1) is 11.8 Å². The van der Waals surface area contributed by atoms with Crippen molar-refractivity contribution in [3.63, 3.8) is 0 Å². The van der Waals surface area contributed by atoms with Gasteiger partial charge in [0.25, 0.3) is 0 Å². The van der Waals surface area contributed by atoms with Crippen LogP contribution in [0.5, 0.6) is 0 Å². The van der Waals surface area contributed by atoms with Crippen molar-refractivity contribution < 1.29 is 8.42 Å². The molecular weight excluding hydrogens is 236 g/mol. The van der Waals surface area contributed by atoms with E-state index in [0.717, 1.165) is 38.5 Å². The number of nitrogens with one attached hydrogen (secondary N) is 1. The van der Waals surface area contributed by atoms with Gasteiger partial charge in [-0.3, -0.25) is 0 Å². The molecule has 0 radical (unpaired) electrons. The topological polar surface area (TPSA) is 72.2 Å². The van der Waals surface area contributed by atoms with E-state index in [1.165, 1.54) is 0 Å². The molecule has 0 aromatic carbocycles. The molecular formula is C12H24N2O2S. The lowest BCUT2D eigenvalue weighted by Gasteiger charge is -2.38. The molecule has 0 bridgehead atoms. The van der Waals surface area contributed by atoms with E-state index in [9.17, 15) is 8.42 Å². The molecule has 2 aliphatic carbocycles. The van der Waals surface area contributed by atoms with Crippen molar-refractivity contribution in [2.45, 2.75) is 51.0 Å². The summed E-state index contributed by atoms with van der Waals surface area (Å²) in [6.45, 7) is 2.64. The number of hydrogen-bond donors (Lipinski definition) is 2. The van der Waals surface area contributed by atoms with Crippen LogP contribution in [0.2, 0.25) is 0 Å². The van der Waals surface area contributed by atoms with E-state index in [1.807, 2.05) is 0 Å². The van der Waals surface area contributed by atoms with Crippen molar-refractivity contribution in [2.24, 2.45) is 17.6 Å². The second-order valence-corrected chi connectivity index (χ2v) is 7.76. The lowest BCUT2D eigenvalue weighted by atomic mass is 9.78. The van der Waals surface area contributed by atoms with Gasteiger partial charge in [0, 0.05) is 12.1 Å². The van der Waals surface area contributed by atoms with Gasteiger partial charge in [-0.25, -0.2) is 13.1 Å². The standard InChI is InChI=1S/C12H24N2O2S/c1-10-4-6-12(9-13,7-5-10)14-17(15,16)8-11-2-3-11/h10-11,14H,2-9,13H2,1H3. The fraction of sp³-hybridized carbons (Fsp3) is 1.00. The zero-order chi connectivity index (χ0) is 12.5. The van der Waals surface area contributed by atoms with Crippen LogP contribution in [-0.4, -0.2) is 26.3 Å². The second-order valence-electron chi connectivity index (χ2n) is 5.99. The van der Waals surface area contributed by atoms with E-state index in [0.29, 0.717) is 24.1 Å². The van der Waals surface area contributed by atoms with Crippen LogP contribution in [-0.2, 0) is 10.0 Å². The van der Waals surface area contributed by atoms with Gasteiger partial charge in [0.15, 0.2) is 0 Å². The number of hydrogen-bond acceptors (Lipinski definition) is 3. The average Bonchev–Trinajstić information content (AvgIpc) is 3.04. The molecule has 2 rings (SSSR count). The van der Waals surface area contributed by atoms with Gasteiger partial charge in [0.2, 0.25) is 10.0 Å². The van der Waals surface area contributed by atoms with Crippen molar-refractivity contribution in [3.8, 4) is 0 Å². The molecule has 4 nitrogen and oxygen atoms in total. The predicted octanol–water partition coefficient (Wildman–Crippen LogP) is 1.22. The molecule has 0 aromatic heterocycles. The molecule has 2 saturated carbocycles. The van der Waals surface area contributed by atoms with Gasteiger partial charge >= 0.3 is 0 Å². The highest BCUT2D eigenvalue weighted by Crippen LogP contribution is 2.34. The molecule has 0 unspecified atom stereocenters. The summed E-state index contributed by atoms with van der Waals surface area (Å²) in [6, 6.07) is 0. The summed E-state index contributed by atoms with van der Waals surface area (Å²) < 4.78 is 27.0. The van der Waals surface area contributed by atoms with Crippen LogP contribution >= 0.6 is 0 Å². The average molecular weight is 260 g/mol. The molecule has 0 spiro atoms. The highest BCUT2D eigenvalue weighted by atomic mass is 32.2. The van der Waals surface area contributed by atoms with Crippen molar-refractivity contribution in [2.75, 3.05) is 12.3 Å². The summed E-state index contributed by atoms with van der Waals surface area (Å²) in [5, 5.41) is 0. The highest BCUT2D eigenvalue weighted by Gasteiger charge is 2.38. The molecule has 0 atom stereocenters. The third-order valence-corrected chi connectivity index (χ3v) is 5.80. The summed E-state index contributed by atoms with van der Waals surface area (Å²) in [5.41, 5.74) is 5.45. The Balaban J connectivity index is 1.98. The molecule has 2 fully saturated rings. The van der Waals surface area contributed by atoms with Crippen LogP contribution in [0.1, 0.15) is 45.4 Å². The predicted molar refractivity (Wildman–Crippen MR) is 69.1 cm³/mol. The third-order valence-electron chi connectivity index (χ3n) is 4.15. The Morgan fingerprint density at radius 1 is 1.24 bits per heavy atom. The molecule has 0 saturated heterocycles. The Bertz CT molecular complexity index is 355. The van der Waals surface area contributed by atoms with Gasteiger partial charge in [-0.15, -0.1) is 0 Å². The maximum atomic E-state index is 12.0. The van der Waals surface area contributed by atoms with E-state index in [1.54, 1.807) is 0 Å². The number of rotatable bonds is 5. The summed E-state index contributed by atoms with van der Waals surface area (Å²) in [6.07, 6.45) is 6.04. The lowest BCUT2D eigenvalue weighted by Crippen LogP contribution is -2.55. The van der Waals surface area contributed by atoms with Gasteiger partial charge in [-0.2, -0.15) is 0 Å². The van der Waals surface area contributed by atoms with Crippen molar-refractivity contribution in [1.82, 2.24) is 4.72 Å². The minimum atomic E-state index is -3.14. The van der Waals surface area contributed by atoms with Gasteiger partial charge in [-0.05, 0) is 50.4 Å². The maximum absolute atomic E-state index is 12.0. The Labute approximate surface area is 104 Å². The van der Waals surface area contributed by atoms with Crippen LogP contribution < -0.4 is 10.5 Å². The molecule has 100 valence electrons. The Morgan fingerprint density at radius 2 is 1.82 bits per heavy atom. The highest BCUT2D eigenvalue weighted by molar-refractivity contribution is 7.89. The number of nitrogens with two attached hydrogens (primary N) is 1. The fourth-order valence-corrected chi connectivity index (χ4v) is 4.61. The van der Waals surface area contributed by atoms with Gasteiger partial charge in [-0.1, -0.05) is 6.92 Å². The van der Waals surface area contributed by atoms with Crippen molar-refractivity contribution >= 4 is 10.0 Å². The Kier molecular flexibility index (Phi) is 3.80. The Morgan fingerprint density at radius 3 is 2.29 bits per heavy atom. The molecule has 0 heterocycles. The fourth-order valence-electron chi connectivity index (χ4n) is 2.63. The van der Waals surface area contributed by atoms with Crippen molar-refractivity contribution in [3.05, 3.63) is 0 Å². The van der Waals surface area contributed by atoms with Crippen LogP contribution in [0.25, 0.3) is 0 Å². The summed E-state index contributed by atoms with van der Waals surface area (Å²) in [4.78, 5) is 0. The first-order chi connectivity index (χ1) is 7.95. The molecule has 2 aliphatic rings. The molecule has 5 heteroatoms. The van der Waals surface area contributed by atoms with E-state index >= 15 is 0 Å². The van der Waals surface area contributed by atoms with Gasteiger partial charge in [0.1, 0.15) is 0 Å². The normalized spacial score (nSPS) is 34.8. The lowest BCUT2D eigenvalue weighted by molar-refractivity contribution is 0.231. The quantitative estimate of drug-likeness (QED) is 0.781. The smallest absolute Gasteiger partial charge is 0.212 e. The van der Waals surface area contributed by atoms with Gasteiger partial charge in [0.05, 0.1) is 5.75 Å². The van der Waals surface area contributed by atoms with Crippen LogP contribution in [0.15, 0.2) is 0 Å². The first-order valence-corrected chi connectivity index (χ1v) is 8.32. The van der Waals surface area contributed by atoms with E-state index in [2.05, 4.69) is 11.6 Å². The molecule has 0 aliphatic heterocycles. The summed E-state index contributed by atoms with van der Waals surface area (Å²) >= 11 is 0. The zero-order valence-electron chi connectivity index (χ0n) is 10.6. The monoisotopic (exact) mass is 260 g/mol. The van der Waals surface area contributed by atoms with Gasteiger partial charge < -0.3 is 5.73 Å². The van der Waals surface area contributed by atoms with E-state index < -0.39 is 10.0 Å². The van der Waals surface area contributed by atoms with Crippen LogP contribution in [0.3, 0.4) is 0 Å². The molecule has 0 aromatic rings. The molecule has 17 heavy (non-hydrogen) atoms.